The van der Waals surface area contributed by atoms with Crippen LogP contribution in [0.5, 0.6) is 0 Å². The molecule has 1 saturated heterocycles. The first kappa shape index (κ1) is 12.4. The van der Waals surface area contributed by atoms with Gasteiger partial charge in [0.05, 0.1) is 6.61 Å². The molecule has 1 aromatic heterocycles. The quantitative estimate of drug-likeness (QED) is 0.746. The number of rotatable bonds is 3. The van der Waals surface area contributed by atoms with Gasteiger partial charge in [-0.15, -0.1) is 10.2 Å². The average Bonchev–Trinajstić information content (AvgIpc) is 2.85. The molecule has 0 radical (unpaired) electrons. The van der Waals surface area contributed by atoms with Gasteiger partial charge < -0.3 is 10.1 Å². The van der Waals surface area contributed by atoms with Crippen molar-refractivity contribution in [2.24, 2.45) is 0 Å². The van der Waals surface area contributed by atoms with E-state index < -0.39 is 10.0 Å². The summed E-state index contributed by atoms with van der Waals surface area (Å²) in [4.78, 5) is 10.8. The fourth-order valence-corrected chi connectivity index (χ4v) is 3.60. The van der Waals surface area contributed by atoms with E-state index in [2.05, 4.69) is 15.5 Å². The van der Waals surface area contributed by atoms with Crippen LogP contribution in [0.25, 0.3) is 0 Å². The molecule has 1 amide bonds. The molecule has 1 aromatic rings. The minimum atomic E-state index is -3.65. The lowest BCUT2D eigenvalue weighted by molar-refractivity contribution is -0.114. The van der Waals surface area contributed by atoms with E-state index in [4.69, 9.17) is 4.74 Å². The summed E-state index contributed by atoms with van der Waals surface area (Å²) in [5, 5.41) is 9.68. The predicted octanol–water partition coefficient (Wildman–Crippen LogP) is -0.525. The van der Waals surface area contributed by atoms with Crippen LogP contribution in [0.15, 0.2) is 4.34 Å². The molecule has 2 rings (SSSR count). The lowest BCUT2D eigenvalue weighted by Crippen LogP contribution is -2.28. The number of amides is 1. The van der Waals surface area contributed by atoms with Gasteiger partial charge in [-0.2, -0.15) is 4.31 Å². The van der Waals surface area contributed by atoms with Crippen LogP contribution >= 0.6 is 11.3 Å². The van der Waals surface area contributed by atoms with E-state index in [0.29, 0.717) is 13.2 Å². The van der Waals surface area contributed by atoms with Crippen LogP contribution in [0.1, 0.15) is 6.92 Å². The summed E-state index contributed by atoms with van der Waals surface area (Å²) in [5.74, 6) is -0.324. The standard InChI is InChI=1S/C7H10N4O4S2/c1-5(12)8-6-9-10-7(16-6)17(13,14)11-2-3-15-4-11/h2-4H2,1H3,(H,8,9,12). The van der Waals surface area contributed by atoms with Crippen LogP contribution in [-0.2, 0) is 19.6 Å². The van der Waals surface area contributed by atoms with Crippen molar-refractivity contribution in [1.29, 1.82) is 0 Å². The van der Waals surface area contributed by atoms with E-state index >= 15 is 0 Å². The van der Waals surface area contributed by atoms with Crippen LogP contribution in [0.2, 0.25) is 0 Å². The van der Waals surface area contributed by atoms with Crippen molar-refractivity contribution in [3.63, 3.8) is 0 Å². The van der Waals surface area contributed by atoms with E-state index in [-0.39, 0.29) is 22.1 Å². The number of nitrogens with zero attached hydrogens (tertiary/aromatic N) is 3. The van der Waals surface area contributed by atoms with Crippen LogP contribution in [0.3, 0.4) is 0 Å². The number of nitrogens with one attached hydrogen (secondary N) is 1. The topological polar surface area (TPSA) is 101 Å². The highest BCUT2D eigenvalue weighted by Gasteiger charge is 2.31. The minimum absolute atomic E-state index is 0.0252. The number of aromatic nitrogens is 2. The Kier molecular flexibility index (Phi) is 3.38. The number of ether oxygens (including phenoxy) is 1. The average molecular weight is 278 g/mol. The van der Waals surface area contributed by atoms with Gasteiger partial charge in [0.15, 0.2) is 0 Å². The lowest BCUT2D eigenvalue weighted by atomic mass is 10.7. The van der Waals surface area contributed by atoms with Gasteiger partial charge in [-0.05, 0) is 0 Å². The van der Waals surface area contributed by atoms with Crippen molar-refractivity contribution in [3.05, 3.63) is 0 Å². The number of hydrogen-bond donors (Lipinski definition) is 1. The molecule has 94 valence electrons. The summed E-state index contributed by atoms with van der Waals surface area (Å²) in [7, 11) is -3.65. The predicted molar refractivity (Wildman–Crippen MR) is 58.9 cm³/mol. The Hall–Kier alpha value is -1.10. The molecule has 0 spiro atoms. The van der Waals surface area contributed by atoms with Crippen LogP contribution in [0, 0.1) is 0 Å². The maximum Gasteiger partial charge on any atom is 0.274 e. The molecular formula is C7H10N4O4S2. The molecule has 0 saturated carbocycles. The Labute approximate surface area is 102 Å². The number of carbonyl (C=O) groups excluding carboxylic acids is 1. The lowest BCUT2D eigenvalue weighted by Gasteiger charge is -2.09. The zero-order valence-corrected chi connectivity index (χ0v) is 10.5. The van der Waals surface area contributed by atoms with Gasteiger partial charge >= 0.3 is 0 Å². The molecule has 17 heavy (non-hydrogen) atoms. The summed E-state index contributed by atoms with van der Waals surface area (Å²) in [6.45, 7) is 2.01. The summed E-state index contributed by atoms with van der Waals surface area (Å²) < 4.78 is 29.9. The van der Waals surface area contributed by atoms with E-state index in [0.717, 1.165) is 11.3 Å². The van der Waals surface area contributed by atoms with Crippen LogP contribution in [-0.4, -0.2) is 48.7 Å². The fourth-order valence-electron chi connectivity index (χ4n) is 1.21. The Balaban J connectivity index is 2.21. The Morgan fingerprint density at radius 2 is 2.29 bits per heavy atom. The summed E-state index contributed by atoms with van der Waals surface area (Å²) >= 11 is 0.816. The molecular weight excluding hydrogens is 268 g/mol. The molecule has 8 nitrogen and oxygen atoms in total. The third-order valence-corrected chi connectivity index (χ3v) is 4.98. The Morgan fingerprint density at radius 3 is 2.88 bits per heavy atom. The molecule has 0 aromatic carbocycles. The Bertz CT molecular complexity index is 520. The second-order valence-corrected chi connectivity index (χ2v) is 6.36. The third-order valence-electron chi connectivity index (χ3n) is 1.97. The van der Waals surface area contributed by atoms with Gasteiger partial charge in [0.1, 0.15) is 6.73 Å². The molecule has 10 heteroatoms. The van der Waals surface area contributed by atoms with E-state index in [9.17, 15) is 13.2 Å². The smallest absolute Gasteiger partial charge is 0.274 e. The molecule has 0 aliphatic carbocycles. The molecule has 0 bridgehead atoms. The van der Waals surface area contributed by atoms with Crippen molar-refractivity contribution in [1.82, 2.24) is 14.5 Å². The number of anilines is 1. The monoisotopic (exact) mass is 278 g/mol. The second kappa shape index (κ2) is 4.64. The summed E-state index contributed by atoms with van der Waals surface area (Å²) in [6, 6.07) is 0. The molecule has 0 atom stereocenters. The van der Waals surface area contributed by atoms with E-state index in [1.54, 1.807) is 0 Å². The van der Waals surface area contributed by atoms with Gasteiger partial charge in [-0.25, -0.2) is 8.42 Å². The summed E-state index contributed by atoms with van der Waals surface area (Å²) in [5.41, 5.74) is 0. The molecule has 2 heterocycles. The highest BCUT2D eigenvalue weighted by molar-refractivity contribution is 7.91. The maximum atomic E-state index is 12.0. The molecule has 1 N–H and O–H groups in total. The minimum Gasteiger partial charge on any atom is -0.364 e. The molecule has 1 aliphatic heterocycles. The maximum absolute atomic E-state index is 12.0. The zero-order valence-electron chi connectivity index (χ0n) is 8.91. The highest BCUT2D eigenvalue weighted by atomic mass is 32.2. The van der Waals surface area contributed by atoms with Crippen molar-refractivity contribution in [3.8, 4) is 0 Å². The molecule has 1 aliphatic rings. The zero-order chi connectivity index (χ0) is 12.5. The first-order chi connectivity index (χ1) is 8.00. The first-order valence-electron chi connectivity index (χ1n) is 4.69. The molecule has 0 unspecified atom stereocenters. The number of hydrogen-bond acceptors (Lipinski definition) is 7. The van der Waals surface area contributed by atoms with Gasteiger partial charge in [0.25, 0.3) is 10.0 Å². The first-order valence-corrected chi connectivity index (χ1v) is 6.95. The van der Waals surface area contributed by atoms with Crippen molar-refractivity contribution < 1.29 is 17.9 Å². The third kappa shape index (κ3) is 2.60. The van der Waals surface area contributed by atoms with Gasteiger partial charge in [0, 0.05) is 13.5 Å². The number of sulfonamides is 1. The van der Waals surface area contributed by atoms with Crippen molar-refractivity contribution in [2.75, 3.05) is 25.2 Å². The van der Waals surface area contributed by atoms with Gasteiger partial charge in [0.2, 0.25) is 15.4 Å². The van der Waals surface area contributed by atoms with Crippen LogP contribution in [0.4, 0.5) is 5.13 Å². The van der Waals surface area contributed by atoms with Crippen LogP contribution < -0.4 is 5.32 Å². The normalized spacial score (nSPS) is 17.2. The van der Waals surface area contributed by atoms with E-state index in [1.807, 2.05) is 0 Å². The number of carbonyl (C=O) groups is 1. The van der Waals surface area contributed by atoms with Gasteiger partial charge in [-0.3, -0.25) is 4.79 Å². The fraction of sp³-hybridized carbons (Fsp3) is 0.571. The largest absolute Gasteiger partial charge is 0.364 e. The highest BCUT2D eigenvalue weighted by Crippen LogP contribution is 2.24. The Morgan fingerprint density at radius 1 is 1.53 bits per heavy atom. The van der Waals surface area contributed by atoms with Crippen molar-refractivity contribution >= 4 is 32.4 Å². The second-order valence-electron chi connectivity index (χ2n) is 3.27. The SMILES string of the molecule is CC(=O)Nc1nnc(S(=O)(=O)N2CCOC2)s1. The van der Waals surface area contributed by atoms with Gasteiger partial charge in [-0.1, -0.05) is 11.3 Å². The summed E-state index contributed by atoms with van der Waals surface area (Å²) in [6.07, 6.45) is 0. The molecule has 1 fully saturated rings. The van der Waals surface area contributed by atoms with E-state index in [1.165, 1.54) is 11.2 Å². The van der Waals surface area contributed by atoms with Crippen molar-refractivity contribution in [2.45, 2.75) is 11.3 Å².